The first-order valence-electron chi connectivity index (χ1n) is 11.5. The highest BCUT2D eigenvalue weighted by molar-refractivity contribution is 6.34. The van der Waals surface area contributed by atoms with Gasteiger partial charge in [-0.3, -0.25) is 14.4 Å². The number of H-pyrrole nitrogens is 1. The van der Waals surface area contributed by atoms with Crippen LogP contribution in [-0.2, 0) is 9.59 Å². The van der Waals surface area contributed by atoms with Crippen LogP contribution in [0.25, 0.3) is 11.6 Å². The first-order chi connectivity index (χ1) is 16.6. The standard InChI is InChI=1S/C25H31FN4O5/c1-4-27-22(33)11-17(32)10-16(31)7-8-28-25(35)23-13(2)21(29-14(23)3)12-19-18-9-15(26)5-6-20(18)30-24(19)34/h5-6,9,12,16-17,29,31-32H,4,7-8,10-11H2,1-3H3,(H,27,33)(H,28,35)(H,30,34). The zero-order chi connectivity index (χ0) is 25.7. The van der Waals surface area contributed by atoms with Gasteiger partial charge in [-0.2, -0.15) is 0 Å². The number of aryl methyl sites for hydroxylation is 1. The van der Waals surface area contributed by atoms with Crippen LogP contribution in [0.1, 0.15) is 59.1 Å². The molecule has 1 aromatic heterocycles. The topological polar surface area (TPSA) is 144 Å². The van der Waals surface area contributed by atoms with Crippen molar-refractivity contribution in [2.24, 2.45) is 0 Å². The van der Waals surface area contributed by atoms with Crippen LogP contribution < -0.4 is 16.0 Å². The molecule has 2 atom stereocenters. The molecule has 35 heavy (non-hydrogen) atoms. The quantitative estimate of drug-likeness (QED) is 0.285. The molecule has 0 radical (unpaired) electrons. The second-order valence-corrected chi connectivity index (χ2v) is 8.61. The molecule has 2 aromatic rings. The van der Waals surface area contributed by atoms with E-state index in [1.54, 1.807) is 26.8 Å². The number of fused-ring (bicyclic) bond motifs is 1. The van der Waals surface area contributed by atoms with Gasteiger partial charge in [0.1, 0.15) is 5.82 Å². The fourth-order valence-electron chi connectivity index (χ4n) is 4.15. The third-order valence-corrected chi connectivity index (χ3v) is 5.86. The molecule has 9 nitrogen and oxygen atoms in total. The number of amides is 3. The molecule has 10 heteroatoms. The average molecular weight is 487 g/mol. The lowest BCUT2D eigenvalue weighted by atomic mass is 10.0. The van der Waals surface area contributed by atoms with Gasteiger partial charge in [0, 0.05) is 35.7 Å². The first-order valence-corrected chi connectivity index (χ1v) is 11.5. The maximum Gasteiger partial charge on any atom is 0.256 e. The molecule has 188 valence electrons. The van der Waals surface area contributed by atoms with Crippen LogP contribution in [0, 0.1) is 19.7 Å². The molecule has 0 bridgehead atoms. The molecule has 0 saturated carbocycles. The Kier molecular flexibility index (Phi) is 8.42. The van der Waals surface area contributed by atoms with Gasteiger partial charge < -0.3 is 31.1 Å². The molecule has 0 spiro atoms. The minimum atomic E-state index is -0.969. The van der Waals surface area contributed by atoms with E-state index in [4.69, 9.17) is 0 Å². The highest BCUT2D eigenvalue weighted by Crippen LogP contribution is 2.34. The van der Waals surface area contributed by atoms with Gasteiger partial charge in [0.25, 0.3) is 11.8 Å². The van der Waals surface area contributed by atoms with E-state index in [0.717, 1.165) is 0 Å². The molecule has 2 heterocycles. The summed E-state index contributed by atoms with van der Waals surface area (Å²) in [5, 5.41) is 28.1. The maximum absolute atomic E-state index is 13.7. The third-order valence-electron chi connectivity index (χ3n) is 5.86. The lowest BCUT2D eigenvalue weighted by molar-refractivity contribution is -0.123. The van der Waals surface area contributed by atoms with Crippen LogP contribution >= 0.6 is 0 Å². The largest absolute Gasteiger partial charge is 0.393 e. The fraction of sp³-hybridized carbons (Fsp3) is 0.400. The zero-order valence-electron chi connectivity index (χ0n) is 20.0. The number of benzene rings is 1. The van der Waals surface area contributed by atoms with Crippen LogP contribution in [0.3, 0.4) is 0 Å². The Balaban J connectivity index is 1.62. The minimum Gasteiger partial charge on any atom is -0.393 e. The van der Waals surface area contributed by atoms with Gasteiger partial charge >= 0.3 is 0 Å². The number of nitrogens with one attached hydrogen (secondary N) is 4. The van der Waals surface area contributed by atoms with Crippen molar-refractivity contribution in [3.63, 3.8) is 0 Å². The molecule has 6 N–H and O–H groups in total. The average Bonchev–Trinajstić information content (AvgIpc) is 3.22. The molecule has 1 aromatic carbocycles. The lowest BCUT2D eigenvalue weighted by Gasteiger charge is -2.15. The summed E-state index contributed by atoms with van der Waals surface area (Å²) >= 11 is 0. The van der Waals surface area contributed by atoms with Crippen molar-refractivity contribution in [1.29, 1.82) is 0 Å². The second kappa shape index (κ2) is 11.3. The molecule has 2 unspecified atom stereocenters. The molecular weight excluding hydrogens is 455 g/mol. The van der Waals surface area contributed by atoms with E-state index in [-0.39, 0.29) is 43.5 Å². The van der Waals surface area contributed by atoms with Gasteiger partial charge in [-0.25, -0.2) is 4.39 Å². The predicted octanol–water partition coefficient (Wildman–Crippen LogP) is 2.02. The SMILES string of the molecule is CCNC(=O)CC(O)CC(O)CCNC(=O)c1c(C)[nH]c(C=C2C(=O)Nc3ccc(F)cc32)c1C. The summed E-state index contributed by atoms with van der Waals surface area (Å²) in [4.78, 5) is 39.8. The van der Waals surface area contributed by atoms with Crippen molar-refractivity contribution < 1.29 is 29.0 Å². The van der Waals surface area contributed by atoms with Crippen molar-refractivity contribution in [1.82, 2.24) is 15.6 Å². The van der Waals surface area contributed by atoms with Gasteiger partial charge in [-0.1, -0.05) is 0 Å². The van der Waals surface area contributed by atoms with Crippen molar-refractivity contribution in [3.8, 4) is 0 Å². The van der Waals surface area contributed by atoms with E-state index in [1.807, 2.05) is 0 Å². The number of aliphatic hydroxyl groups excluding tert-OH is 2. The normalized spacial score (nSPS) is 15.5. The zero-order valence-corrected chi connectivity index (χ0v) is 20.0. The van der Waals surface area contributed by atoms with Crippen LogP contribution in [0.15, 0.2) is 18.2 Å². The Bertz CT molecular complexity index is 1160. The van der Waals surface area contributed by atoms with Crippen LogP contribution in [-0.4, -0.2) is 58.2 Å². The number of hydrogen-bond acceptors (Lipinski definition) is 5. The first kappa shape index (κ1) is 26.1. The summed E-state index contributed by atoms with van der Waals surface area (Å²) in [7, 11) is 0. The van der Waals surface area contributed by atoms with Gasteiger partial charge in [-0.05, 0) is 63.5 Å². The Morgan fingerprint density at radius 3 is 2.63 bits per heavy atom. The minimum absolute atomic E-state index is 0.0249. The monoisotopic (exact) mass is 486 g/mol. The van der Waals surface area contributed by atoms with E-state index in [9.17, 15) is 29.0 Å². The van der Waals surface area contributed by atoms with Gasteiger partial charge in [-0.15, -0.1) is 0 Å². The van der Waals surface area contributed by atoms with Crippen LogP contribution in [0.5, 0.6) is 0 Å². The van der Waals surface area contributed by atoms with Crippen LogP contribution in [0.2, 0.25) is 0 Å². The van der Waals surface area contributed by atoms with Crippen molar-refractivity contribution in [2.75, 3.05) is 18.4 Å². The van der Waals surface area contributed by atoms with E-state index in [0.29, 0.717) is 45.9 Å². The summed E-state index contributed by atoms with van der Waals surface area (Å²) < 4.78 is 13.7. The molecule has 3 amide bonds. The lowest BCUT2D eigenvalue weighted by Crippen LogP contribution is -2.31. The summed E-state index contributed by atoms with van der Waals surface area (Å²) in [5.74, 6) is -1.44. The van der Waals surface area contributed by atoms with Gasteiger partial charge in [0.05, 0.1) is 29.8 Å². The predicted molar refractivity (Wildman–Crippen MR) is 130 cm³/mol. The van der Waals surface area contributed by atoms with Gasteiger partial charge in [0.2, 0.25) is 5.91 Å². The second-order valence-electron chi connectivity index (χ2n) is 8.61. The molecule has 0 fully saturated rings. The number of aromatic amines is 1. The van der Waals surface area contributed by atoms with E-state index in [2.05, 4.69) is 20.9 Å². The maximum atomic E-state index is 13.7. The van der Waals surface area contributed by atoms with Crippen LogP contribution in [0.4, 0.5) is 10.1 Å². The summed E-state index contributed by atoms with van der Waals surface area (Å²) in [6, 6.07) is 4.06. The van der Waals surface area contributed by atoms with E-state index >= 15 is 0 Å². The van der Waals surface area contributed by atoms with Crippen molar-refractivity contribution >= 4 is 35.1 Å². The number of aliphatic hydroxyl groups is 2. The van der Waals surface area contributed by atoms with Crippen molar-refractivity contribution in [3.05, 3.63) is 52.1 Å². The highest BCUT2D eigenvalue weighted by Gasteiger charge is 2.26. The molecule has 1 aliphatic rings. The van der Waals surface area contributed by atoms with Crippen molar-refractivity contribution in [2.45, 2.75) is 52.2 Å². The Morgan fingerprint density at radius 1 is 1.17 bits per heavy atom. The number of carbonyl (C=O) groups excluding carboxylic acids is 3. The third kappa shape index (κ3) is 6.34. The number of anilines is 1. The fourth-order valence-corrected chi connectivity index (χ4v) is 4.15. The Morgan fingerprint density at radius 2 is 1.91 bits per heavy atom. The number of halogens is 1. The van der Waals surface area contributed by atoms with E-state index < -0.39 is 18.0 Å². The van der Waals surface area contributed by atoms with E-state index in [1.165, 1.54) is 18.2 Å². The summed E-state index contributed by atoms with van der Waals surface area (Å²) in [6.07, 6.45) is -0.110. The Hall–Kier alpha value is -3.50. The molecule has 0 saturated heterocycles. The Labute approximate surface area is 202 Å². The highest BCUT2D eigenvalue weighted by atomic mass is 19.1. The molecular formula is C25H31FN4O5. The molecule has 0 aliphatic carbocycles. The van der Waals surface area contributed by atoms with Gasteiger partial charge in [0.15, 0.2) is 0 Å². The molecule has 1 aliphatic heterocycles. The number of carbonyl (C=O) groups is 3. The number of rotatable bonds is 10. The molecule has 3 rings (SSSR count). The summed E-state index contributed by atoms with van der Waals surface area (Å²) in [5.41, 5.74) is 3.48. The number of hydrogen-bond donors (Lipinski definition) is 6. The summed E-state index contributed by atoms with van der Waals surface area (Å²) in [6.45, 7) is 5.90. The number of aromatic nitrogens is 1. The smallest absolute Gasteiger partial charge is 0.256 e.